The average Bonchev–Trinajstić information content (AvgIpc) is 3.26. The quantitative estimate of drug-likeness (QED) is 0.481. The predicted molar refractivity (Wildman–Crippen MR) is 111 cm³/mol. The van der Waals surface area contributed by atoms with Crippen LogP contribution in [0.1, 0.15) is 55.7 Å². The number of benzene rings is 1. The van der Waals surface area contributed by atoms with Gasteiger partial charge in [0.15, 0.2) is 0 Å². The number of unbranched alkanes of at least 4 members (excludes halogenated alkanes) is 1. The number of likely N-dealkylation sites (tertiary alicyclic amines) is 1. The summed E-state index contributed by atoms with van der Waals surface area (Å²) in [6.07, 6.45) is 4.95. The molecule has 0 unspecified atom stereocenters. The second-order valence-corrected chi connectivity index (χ2v) is 7.82. The van der Waals surface area contributed by atoms with E-state index in [-0.39, 0.29) is 11.8 Å². The summed E-state index contributed by atoms with van der Waals surface area (Å²) < 4.78 is 5.60. The van der Waals surface area contributed by atoms with Crippen LogP contribution in [0.5, 0.6) is 0 Å². The van der Waals surface area contributed by atoms with Gasteiger partial charge in [-0.25, -0.2) is 0 Å². The highest BCUT2D eigenvalue weighted by Crippen LogP contribution is 2.35. The minimum absolute atomic E-state index is 0.143. The largest absolute Gasteiger partial charge is 0.381 e. The van der Waals surface area contributed by atoms with Crippen LogP contribution in [0, 0.1) is 13.8 Å². The standard InChI is InChI=1S/C23H32N2O3/c1-4-5-14-28-15-8-13-25-22(26)20(19-10-9-17(2)16-18(19)3)21(23(25)27)24-11-6-7-12-24/h9-10,16H,4-8,11-15H2,1-3H3. The maximum atomic E-state index is 13.3. The molecule has 0 bridgehead atoms. The molecule has 1 saturated heterocycles. The molecule has 1 aromatic rings. The van der Waals surface area contributed by atoms with Crippen LogP contribution in [0.15, 0.2) is 23.9 Å². The lowest BCUT2D eigenvalue weighted by Crippen LogP contribution is -2.35. The molecule has 5 nitrogen and oxygen atoms in total. The Morgan fingerprint density at radius 2 is 1.71 bits per heavy atom. The Bertz CT molecular complexity index is 763. The number of carbonyl (C=O) groups excluding carboxylic acids is 2. The molecule has 0 atom stereocenters. The Hall–Kier alpha value is -2.14. The lowest BCUT2D eigenvalue weighted by atomic mass is 9.97. The summed E-state index contributed by atoms with van der Waals surface area (Å²) in [6, 6.07) is 6.07. The van der Waals surface area contributed by atoms with E-state index in [0.29, 0.717) is 30.8 Å². The summed E-state index contributed by atoms with van der Waals surface area (Å²) in [5.74, 6) is -0.303. The van der Waals surface area contributed by atoms with Crippen LogP contribution in [0.4, 0.5) is 0 Å². The van der Waals surface area contributed by atoms with Crippen LogP contribution >= 0.6 is 0 Å². The Kier molecular flexibility index (Phi) is 6.89. The highest BCUT2D eigenvalue weighted by Gasteiger charge is 2.42. The summed E-state index contributed by atoms with van der Waals surface area (Å²) >= 11 is 0. The molecular formula is C23H32N2O3. The predicted octanol–water partition coefficient (Wildman–Crippen LogP) is 3.69. The number of imide groups is 1. The average molecular weight is 385 g/mol. The molecule has 3 rings (SSSR count). The molecule has 0 spiro atoms. The van der Waals surface area contributed by atoms with Gasteiger partial charge in [-0.3, -0.25) is 14.5 Å². The number of ether oxygens (including phenoxy) is 1. The third kappa shape index (κ3) is 4.30. The van der Waals surface area contributed by atoms with E-state index in [1.807, 2.05) is 26.0 Å². The summed E-state index contributed by atoms with van der Waals surface area (Å²) in [7, 11) is 0. The number of hydrogen-bond acceptors (Lipinski definition) is 4. The fourth-order valence-corrected chi connectivity index (χ4v) is 4.01. The summed E-state index contributed by atoms with van der Waals surface area (Å²) in [5, 5.41) is 0. The Balaban J connectivity index is 1.81. The van der Waals surface area contributed by atoms with E-state index in [2.05, 4.69) is 17.9 Å². The molecule has 1 fully saturated rings. The van der Waals surface area contributed by atoms with Crippen molar-refractivity contribution in [1.29, 1.82) is 0 Å². The zero-order chi connectivity index (χ0) is 20.1. The lowest BCUT2D eigenvalue weighted by Gasteiger charge is -2.20. The highest BCUT2D eigenvalue weighted by molar-refractivity contribution is 6.35. The number of hydrogen-bond donors (Lipinski definition) is 0. The van der Waals surface area contributed by atoms with Gasteiger partial charge in [0.25, 0.3) is 11.8 Å². The molecule has 0 saturated carbocycles. The Labute approximate surface area is 168 Å². The van der Waals surface area contributed by atoms with Gasteiger partial charge in [0, 0.05) is 32.8 Å². The van der Waals surface area contributed by atoms with Crippen molar-refractivity contribution in [2.75, 3.05) is 32.8 Å². The third-order valence-electron chi connectivity index (χ3n) is 5.53. The molecule has 0 radical (unpaired) electrons. The van der Waals surface area contributed by atoms with Gasteiger partial charge >= 0.3 is 0 Å². The maximum absolute atomic E-state index is 13.3. The molecule has 2 aliphatic rings. The molecule has 1 aromatic carbocycles. The van der Waals surface area contributed by atoms with Crippen molar-refractivity contribution in [2.24, 2.45) is 0 Å². The Morgan fingerprint density at radius 3 is 2.39 bits per heavy atom. The van der Waals surface area contributed by atoms with Gasteiger partial charge in [-0.15, -0.1) is 0 Å². The molecular weight excluding hydrogens is 352 g/mol. The maximum Gasteiger partial charge on any atom is 0.277 e. The minimum atomic E-state index is -0.160. The number of aryl methyl sites for hydroxylation is 2. The minimum Gasteiger partial charge on any atom is -0.381 e. The van der Waals surface area contributed by atoms with E-state index in [1.54, 1.807) is 0 Å². The number of rotatable bonds is 9. The number of carbonyl (C=O) groups is 2. The SMILES string of the molecule is CCCCOCCCN1C(=O)C(c2ccc(C)cc2C)=C(N2CCCC2)C1=O. The van der Waals surface area contributed by atoms with E-state index in [1.165, 1.54) is 4.90 Å². The second-order valence-electron chi connectivity index (χ2n) is 7.82. The topological polar surface area (TPSA) is 49.9 Å². The van der Waals surface area contributed by atoms with E-state index in [4.69, 9.17) is 4.74 Å². The van der Waals surface area contributed by atoms with Gasteiger partial charge in [-0.05, 0) is 50.7 Å². The highest BCUT2D eigenvalue weighted by atomic mass is 16.5. The molecule has 5 heteroatoms. The first-order valence-corrected chi connectivity index (χ1v) is 10.6. The van der Waals surface area contributed by atoms with Crippen LogP contribution in [-0.4, -0.2) is 54.5 Å². The first kappa shape index (κ1) is 20.6. The van der Waals surface area contributed by atoms with Crippen LogP contribution in [-0.2, 0) is 14.3 Å². The van der Waals surface area contributed by atoms with Crippen LogP contribution < -0.4 is 0 Å². The zero-order valence-corrected chi connectivity index (χ0v) is 17.4. The first-order valence-electron chi connectivity index (χ1n) is 10.6. The molecule has 152 valence electrons. The lowest BCUT2D eigenvalue weighted by molar-refractivity contribution is -0.137. The van der Waals surface area contributed by atoms with E-state index in [9.17, 15) is 9.59 Å². The normalized spacial score (nSPS) is 17.4. The van der Waals surface area contributed by atoms with Crippen LogP contribution in [0.2, 0.25) is 0 Å². The summed E-state index contributed by atoms with van der Waals surface area (Å²) in [6.45, 7) is 9.60. The van der Waals surface area contributed by atoms with Crippen molar-refractivity contribution >= 4 is 17.4 Å². The van der Waals surface area contributed by atoms with E-state index < -0.39 is 0 Å². The fraction of sp³-hybridized carbons (Fsp3) is 0.565. The van der Waals surface area contributed by atoms with Crippen LogP contribution in [0.25, 0.3) is 5.57 Å². The van der Waals surface area contributed by atoms with Crippen molar-refractivity contribution in [3.63, 3.8) is 0 Å². The Morgan fingerprint density at radius 1 is 1.00 bits per heavy atom. The summed E-state index contributed by atoms with van der Waals surface area (Å²) in [5.41, 5.74) is 4.25. The summed E-state index contributed by atoms with van der Waals surface area (Å²) in [4.78, 5) is 30.0. The van der Waals surface area contributed by atoms with Crippen molar-refractivity contribution in [2.45, 2.75) is 52.9 Å². The molecule has 2 heterocycles. The molecule has 0 aromatic heterocycles. The smallest absolute Gasteiger partial charge is 0.277 e. The molecule has 28 heavy (non-hydrogen) atoms. The second kappa shape index (κ2) is 9.37. The number of nitrogens with zero attached hydrogens (tertiary/aromatic N) is 2. The van der Waals surface area contributed by atoms with Crippen molar-refractivity contribution < 1.29 is 14.3 Å². The first-order chi connectivity index (χ1) is 13.5. The zero-order valence-electron chi connectivity index (χ0n) is 17.4. The van der Waals surface area contributed by atoms with Gasteiger partial charge in [-0.1, -0.05) is 37.1 Å². The fourth-order valence-electron chi connectivity index (χ4n) is 4.01. The van der Waals surface area contributed by atoms with Gasteiger partial charge in [0.1, 0.15) is 5.70 Å². The molecule has 0 N–H and O–H groups in total. The van der Waals surface area contributed by atoms with Crippen LogP contribution in [0.3, 0.4) is 0 Å². The third-order valence-corrected chi connectivity index (χ3v) is 5.53. The number of amides is 2. The van der Waals surface area contributed by atoms with E-state index in [0.717, 1.165) is 62.1 Å². The van der Waals surface area contributed by atoms with Gasteiger partial charge in [0.2, 0.25) is 0 Å². The van der Waals surface area contributed by atoms with E-state index >= 15 is 0 Å². The molecule has 2 amide bonds. The molecule has 0 aliphatic carbocycles. The van der Waals surface area contributed by atoms with Crippen molar-refractivity contribution in [3.8, 4) is 0 Å². The van der Waals surface area contributed by atoms with Gasteiger partial charge in [0.05, 0.1) is 5.57 Å². The molecule has 2 aliphatic heterocycles. The monoisotopic (exact) mass is 384 g/mol. The van der Waals surface area contributed by atoms with Gasteiger partial charge < -0.3 is 9.64 Å². The van der Waals surface area contributed by atoms with Gasteiger partial charge in [-0.2, -0.15) is 0 Å². The van der Waals surface area contributed by atoms with Crippen molar-refractivity contribution in [1.82, 2.24) is 9.80 Å². The van der Waals surface area contributed by atoms with Crippen molar-refractivity contribution in [3.05, 3.63) is 40.6 Å².